The molecule has 1 unspecified atom stereocenters. The molecule has 7 rings (SSSR count). The van der Waals surface area contributed by atoms with E-state index < -0.39 is 113 Å². The Bertz CT molecular complexity index is 2120. The molecule has 5 aliphatic rings. The maximum absolute atomic E-state index is 15.0. The van der Waals surface area contributed by atoms with Gasteiger partial charge in [0.05, 0.1) is 43.0 Å². The zero-order valence-electron chi connectivity index (χ0n) is 38.3. The van der Waals surface area contributed by atoms with E-state index in [4.69, 9.17) is 28.4 Å². The molecule has 16 heteroatoms. The third-order valence-corrected chi connectivity index (χ3v) is 14.4. The Hall–Kier alpha value is -4.71. The Morgan fingerprint density at radius 2 is 1.60 bits per heavy atom. The Morgan fingerprint density at radius 3 is 2.22 bits per heavy atom. The lowest BCUT2D eigenvalue weighted by molar-refractivity contribution is -0.277. The number of nitrogens with zero attached hydrogens (tertiary/aromatic N) is 1. The van der Waals surface area contributed by atoms with Crippen molar-refractivity contribution < 1.29 is 67.7 Å². The number of ketones is 1. The SMILES string of the molecule is CC1=C2[C@@H](O)C(=O)[C@@]3(C)C([C@@H]4CO[C@@H]4C[C@@H]3O)[C@H](OC(=O)c3ccccc3)[C@](O)(C[C@@H]1OC(=O)[C@H](OC(=O)CCCN1CCOCC1)[C@@H](NC(=O)OC(C)(C)C)c1ccccc1)C2(C)C. The minimum absolute atomic E-state index is 0.0248. The predicted octanol–water partition coefficient (Wildman–Crippen LogP) is 4.24. The van der Waals surface area contributed by atoms with E-state index in [0.29, 0.717) is 44.8 Å². The summed E-state index contributed by atoms with van der Waals surface area (Å²) in [6.45, 7) is 14.7. The Kier molecular flexibility index (Phi) is 14.0. The first-order chi connectivity index (χ1) is 30.7. The van der Waals surface area contributed by atoms with Gasteiger partial charge < -0.3 is 49.1 Å². The average molecular weight is 905 g/mol. The highest BCUT2D eigenvalue weighted by Crippen LogP contribution is 2.62. The van der Waals surface area contributed by atoms with Crippen molar-refractivity contribution in [3.63, 3.8) is 0 Å². The fourth-order valence-corrected chi connectivity index (χ4v) is 10.7. The summed E-state index contributed by atoms with van der Waals surface area (Å²) in [6, 6.07) is 15.2. The fourth-order valence-electron chi connectivity index (χ4n) is 10.7. The molecule has 2 aromatic carbocycles. The molecule has 3 aliphatic carbocycles. The van der Waals surface area contributed by atoms with Crippen LogP contribution in [0.2, 0.25) is 0 Å². The van der Waals surface area contributed by atoms with E-state index in [9.17, 15) is 39.3 Å². The predicted molar refractivity (Wildman–Crippen MR) is 233 cm³/mol. The monoisotopic (exact) mass is 904 g/mol. The van der Waals surface area contributed by atoms with E-state index in [0.717, 1.165) is 0 Å². The highest BCUT2D eigenvalue weighted by atomic mass is 16.6. The maximum Gasteiger partial charge on any atom is 0.408 e. The van der Waals surface area contributed by atoms with Crippen molar-refractivity contribution in [2.75, 3.05) is 39.5 Å². The Morgan fingerprint density at radius 1 is 0.954 bits per heavy atom. The summed E-state index contributed by atoms with van der Waals surface area (Å²) in [5.74, 6) is -4.92. The van der Waals surface area contributed by atoms with Gasteiger partial charge in [0.1, 0.15) is 35.6 Å². The first-order valence-electron chi connectivity index (χ1n) is 22.6. The van der Waals surface area contributed by atoms with E-state index >= 15 is 0 Å². The number of fused-ring (bicyclic) bond motifs is 5. The van der Waals surface area contributed by atoms with Crippen LogP contribution in [0.15, 0.2) is 71.8 Å². The quantitative estimate of drug-likeness (QED) is 0.133. The van der Waals surface area contributed by atoms with Gasteiger partial charge in [-0.25, -0.2) is 14.4 Å². The zero-order chi connectivity index (χ0) is 47.1. The summed E-state index contributed by atoms with van der Waals surface area (Å²) in [6.07, 6.45) is -9.38. The van der Waals surface area contributed by atoms with Crippen molar-refractivity contribution >= 4 is 29.8 Å². The second kappa shape index (κ2) is 18.9. The van der Waals surface area contributed by atoms with E-state index in [1.54, 1.807) is 102 Å². The second-order valence-corrected chi connectivity index (χ2v) is 19.8. The summed E-state index contributed by atoms with van der Waals surface area (Å²) in [5.41, 5.74) is -5.54. The van der Waals surface area contributed by atoms with Crippen molar-refractivity contribution in [2.45, 2.75) is 128 Å². The number of amides is 1. The number of aliphatic hydroxyl groups excluding tert-OH is 2. The molecule has 0 radical (unpaired) electrons. The molecule has 354 valence electrons. The number of hydrogen-bond donors (Lipinski definition) is 4. The number of aliphatic hydroxyl groups is 3. The Balaban J connectivity index is 1.29. The Labute approximate surface area is 379 Å². The number of Topliss-reactive ketones (excluding diaryl/α,β-unsaturated/α-hetero) is 1. The van der Waals surface area contributed by atoms with Crippen LogP contribution in [0, 0.1) is 22.7 Å². The van der Waals surface area contributed by atoms with Gasteiger partial charge in [0.25, 0.3) is 0 Å². The summed E-state index contributed by atoms with van der Waals surface area (Å²) in [5, 5.41) is 40.3. The largest absolute Gasteiger partial charge is 0.455 e. The van der Waals surface area contributed by atoms with Gasteiger partial charge >= 0.3 is 24.0 Å². The molecule has 2 heterocycles. The van der Waals surface area contributed by atoms with Crippen LogP contribution in [-0.4, -0.2) is 137 Å². The average Bonchev–Trinajstić information content (AvgIpc) is 3.25. The van der Waals surface area contributed by atoms with Crippen LogP contribution in [-0.2, 0) is 42.8 Å². The van der Waals surface area contributed by atoms with Crippen LogP contribution in [0.25, 0.3) is 0 Å². The lowest BCUT2D eigenvalue weighted by atomic mass is 9.46. The summed E-state index contributed by atoms with van der Waals surface area (Å²) in [4.78, 5) is 73.4. The molecule has 2 bridgehead atoms. The van der Waals surface area contributed by atoms with Crippen LogP contribution >= 0.6 is 0 Å². The van der Waals surface area contributed by atoms with Gasteiger partial charge in [0.15, 0.2) is 5.78 Å². The zero-order valence-corrected chi connectivity index (χ0v) is 38.3. The smallest absolute Gasteiger partial charge is 0.408 e. The number of esters is 3. The number of carbonyl (C=O) groups excluding carboxylic acids is 5. The van der Waals surface area contributed by atoms with Gasteiger partial charge in [-0.3, -0.25) is 14.5 Å². The van der Waals surface area contributed by atoms with Gasteiger partial charge in [-0.2, -0.15) is 0 Å². The first-order valence-corrected chi connectivity index (χ1v) is 22.6. The highest BCUT2D eigenvalue weighted by molar-refractivity contribution is 5.94. The third kappa shape index (κ3) is 9.48. The number of rotatable bonds is 12. The molecule has 16 nitrogen and oxygen atoms in total. The molecule has 1 amide bonds. The lowest BCUT2D eigenvalue weighted by Crippen LogP contribution is -2.75. The molecule has 65 heavy (non-hydrogen) atoms. The summed E-state index contributed by atoms with van der Waals surface area (Å²) >= 11 is 0. The van der Waals surface area contributed by atoms with Gasteiger partial charge in [-0.15, -0.1) is 0 Å². The first kappa shape index (κ1) is 48.2. The molecule has 11 atom stereocenters. The minimum atomic E-state index is -2.18. The van der Waals surface area contributed by atoms with E-state index in [2.05, 4.69) is 10.2 Å². The van der Waals surface area contributed by atoms with Crippen LogP contribution in [0.5, 0.6) is 0 Å². The lowest BCUT2D eigenvalue weighted by Gasteiger charge is -2.64. The summed E-state index contributed by atoms with van der Waals surface area (Å²) in [7, 11) is 0. The van der Waals surface area contributed by atoms with Crippen LogP contribution in [0.4, 0.5) is 4.79 Å². The number of nitrogens with one attached hydrogen (secondary N) is 1. The molecule has 2 aromatic rings. The summed E-state index contributed by atoms with van der Waals surface area (Å²) < 4.78 is 35.6. The van der Waals surface area contributed by atoms with Crippen molar-refractivity contribution in [1.82, 2.24) is 10.2 Å². The maximum atomic E-state index is 15.0. The van der Waals surface area contributed by atoms with Gasteiger partial charge in [-0.1, -0.05) is 62.4 Å². The van der Waals surface area contributed by atoms with E-state index in [1.807, 2.05) is 0 Å². The topological polar surface area (TPSA) is 217 Å². The molecule has 2 saturated carbocycles. The molecule has 0 spiro atoms. The second-order valence-electron chi connectivity index (χ2n) is 19.8. The molecule has 4 fully saturated rings. The minimum Gasteiger partial charge on any atom is -0.455 e. The number of ether oxygens (including phenoxy) is 6. The number of hydrogen-bond acceptors (Lipinski definition) is 15. The molecular formula is C49H64N2O14. The van der Waals surface area contributed by atoms with Gasteiger partial charge in [0.2, 0.25) is 6.10 Å². The number of alkyl carbamates (subject to hydrolysis) is 1. The third-order valence-electron chi connectivity index (χ3n) is 14.4. The molecule has 2 aliphatic heterocycles. The van der Waals surface area contributed by atoms with Crippen molar-refractivity contribution in [2.24, 2.45) is 22.7 Å². The van der Waals surface area contributed by atoms with Crippen molar-refractivity contribution in [3.8, 4) is 0 Å². The molecule has 4 N–H and O–H groups in total. The van der Waals surface area contributed by atoms with E-state index in [-0.39, 0.29) is 36.2 Å². The molecule has 0 aromatic heterocycles. The van der Waals surface area contributed by atoms with E-state index in [1.165, 1.54) is 6.92 Å². The number of morpholine rings is 1. The molecule has 2 saturated heterocycles. The van der Waals surface area contributed by atoms with Crippen LogP contribution in [0.3, 0.4) is 0 Å². The fraction of sp³-hybridized carbons (Fsp3) is 0.612. The van der Waals surface area contributed by atoms with Crippen LogP contribution in [0.1, 0.15) is 96.1 Å². The van der Waals surface area contributed by atoms with Crippen molar-refractivity contribution in [1.29, 1.82) is 0 Å². The number of carbonyl (C=O) groups is 5. The normalized spacial score (nSPS) is 31.9. The molecular weight excluding hydrogens is 841 g/mol. The standard InChI is InChI=1S/C49H64N2O14/c1-28-33(62-44(57)40(63-35(53)19-14-20-51-21-23-60-24-22-51)38(29-15-10-8-11-16-29)50-45(58)65-46(2,3)4)26-49(59)42(64-43(56)30-17-12-9-13-18-30)37-31-27-61-32(31)25-34(52)48(37,7)41(55)39(54)36(28)47(49,5)6/h8-13,15-18,31-34,37-40,42,52,54,59H,14,19-27H2,1-7H3,(H,50,58)/t31-,32-,33+,34+,37?,38+,39-,40-,42+,48-,49-/m1/s1. The van der Waals surface area contributed by atoms with Gasteiger partial charge in [0, 0.05) is 49.6 Å². The number of benzene rings is 2. The van der Waals surface area contributed by atoms with Crippen molar-refractivity contribution in [3.05, 3.63) is 82.9 Å². The highest BCUT2D eigenvalue weighted by Gasteiger charge is 2.72. The van der Waals surface area contributed by atoms with Crippen LogP contribution < -0.4 is 5.32 Å². The van der Waals surface area contributed by atoms with Gasteiger partial charge in [-0.05, 0) is 76.4 Å².